The van der Waals surface area contributed by atoms with Crippen LogP contribution in [0.3, 0.4) is 0 Å². The van der Waals surface area contributed by atoms with Gasteiger partial charge in [0.05, 0.1) is 12.4 Å². The summed E-state index contributed by atoms with van der Waals surface area (Å²) < 4.78 is 2.01. The second-order valence-electron chi connectivity index (χ2n) is 8.83. The van der Waals surface area contributed by atoms with Crippen LogP contribution in [-0.4, -0.2) is 21.5 Å². The van der Waals surface area contributed by atoms with Gasteiger partial charge in [-0.1, -0.05) is 51.1 Å². The third-order valence-corrected chi connectivity index (χ3v) is 5.62. The Labute approximate surface area is 172 Å². The molecule has 0 bridgehead atoms. The zero-order valence-corrected chi connectivity index (χ0v) is 17.3. The molecule has 5 heteroatoms. The average molecular weight is 389 g/mol. The fourth-order valence-corrected chi connectivity index (χ4v) is 3.74. The summed E-state index contributed by atoms with van der Waals surface area (Å²) in [6.07, 6.45) is 5.48. The van der Waals surface area contributed by atoms with Gasteiger partial charge in [-0.2, -0.15) is 0 Å². The number of imidazole rings is 1. The standard InChI is InChI=1S/C24H28N4O/c1-24(2,3)22(16-27-12-11-25-17-27)26-23(29)18-9-6-10-21(13-18)28-14-19-7-4-5-8-20(19)15-28/h4-13,17,22H,14-16H2,1-3H3,(H,26,29). The van der Waals surface area contributed by atoms with Crippen LogP contribution in [-0.2, 0) is 19.6 Å². The highest BCUT2D eigenvalue weighted by Gasteiger charge is 2.27. The van der Waals surface area contributed by atoms with Gasteiger partial charge in [-0.15, -0.1) is 0 Å². The van der Waals surface area contributed by atoms with Crippen LogP contribution < -0.4 is 10.2 Å². The lowest BCUT2D eigenvalue weighted by Crippen LogP contribution is -2.46. The van der Waals surface area contributed by atoms with Crippen molar-refractivity contribution in [2.24, 2.45) is 5.41 Å². The van der Waals surface area contributed by atoms with E-state index in [0.29, 0.717) is 12.1 Å². The molecule has 2 aromatic carbocycles. The van der Waals surface area contributed by atoms with Crippen LogP contribution in [0, 0.1) is 5.41 Å². The Morgan fingerprint density at radius 2 is 1.83 bits per heavy atom. The van der Waals surface area contributed by atoms with Crippen molar-refractivity contribution in [3.8, 4) is 0 Å². The van der Waals surface area contributed by atoms with Gasteiger partial charge in [0.1, 0.15) is 0 Å². The predicted molar refractivity (Wildman–Crippen MR) is 116 cm³/mol. The minimum atomic E-state index is -0.0753. The molecule has 1 aliphatic heterocycles. The van der Waals surface area contributed by atoms with Crippen LogP contribution in [0.2, 0.25) is 0 Å². The number of nitrogens with zero attached hydrogens (tertiary/aromatic N) is 3. The molecule has 150 valence electrons. The summed E-state index contributed by atoms with van der Waals surface area (Å²) in [7, 11) is 0. The number of carbonyl (C=O) groups is 1. The van der Waals surface area contributed by atoms with E-state index in [9.17, 15) is 4.79 Å². The third kappa shape index (κ3) is 4.34. The van der Waals surface area contributed by atoms with Crippen LogP contribution in [0.1, 0.15) is 42.3 Å². The topological polar surface area (TPSA) is 50.2 Å². The summed E-state index contributed by atoms with van der Waals surface area (Å²) in [5.41, 5.74) is 4.41. The van der Waals surface area contributed by atoms with Crippen molar-refractivity contribution >= 4 is 11.6 Å². The molecule has 2 heterocycles. The Hall–Kier alpha value is -3.08. The predicted octanol–water partition coefficient (Wildman–Crippen LogP) is 4.25. The van der Waals surface area contributed by atoms with Crippen molar-refractivity contribution in [1.82, 2.24) is 14.9 Å². The number of hydrogen-bond acceptors (Lipinski definition) is 3. The Morgan fingerprint density at radius 1 is 1.10 bits per heavy atom. The van der Waals surface area contributed by atoms with E-state index in [4.69, 9.17) is 0 Å². The Bertz CT molecular complexity index is 963. The molecule has 0 saturated carbocycles. The molecule has 0 saturated heterocycles. The summed E-state index contributed by atoms with van der Waals surface area (Å²) in [4.78, 5) is 19.5. The number of anilines is 1. The molecule has 29 heavy (non-hydrogen) atoms. The van der Waals surface area contributed by atoms with E-state index < -0.39 is 0 Å². The molecule has 3 aromatic rings. The van der Waals surface area contributed by atoms with E-state index in [1.54, 1.807) is 12.5 Å². The molecule has 0 aliphatic carbocycles. The fourth-order valence-electron chi connectivity index (χ4n) is 3.74. The lowest BCUT2D eigenvalue weighted by atomic mass is 9.86. The van der Waals surface area contributed by atoms with E-state index in [0.717, 1.165) is 18.8 Å². The molecular formula is C24H28N4O. The highest BCUT2D eigenvalue weighted by Crippen LogP contribution is 2.29. The first kappa shape index (κ1) is 19.2. The first-order chi connectivity index (χ1) is 13.9. The maximum atomic E-state index is 13.1. The normalized spacial score (nSPS) is 14.5. The van der Waals surface area contributed by atoms with Crippen molar-refractivity contribution in [2.45, 2.75) is 46.4 Å². The van der Waals surface area contributed by atoms with Gasteiger partial charge in [0, 0.05) is 43.3 Å². The maximum Gasteiger partial charge on any atom is 0.251 e. The summed E-state index contributed by atoms with van der Waals surface area (Å²) >= 11 is 0. The van der Waals surface area contributed by atoms with E-state index in [-0.39, 0.29) is 17.4 Å². The molecule has 4 rings (SSSR count). The molecule has 1 aliphatic rings. The van der Waals surface area contributed by atoms with Crippen LogP contribution in [0.25, 0.3) is 0 Å². The number of benzene rings is 2. The molecule has 0 radical (unpaired) electrons. The molecular weight excluding hydrogens is 360 g/mol. The average Bonchev–Trinajstić information content (AvgIpc) is 3.36. The number of hydrogen-bond donors (Lipinski definition) is 1. The highest BCUT2D eigenvalue weighted by molar-refractivity contribution is 5.95. The fraction of sp³-hybridized carbons (Fsp3) is 0.333. The number of rotatable bonds is 5. The first-order valence-electron chi connectivity index (χ1n) is 10.1. The maximum absolute atomic E-state index is 13.1. The van der Waals surface area contributed by atoms with Crippen molar-refractivity contribution in [1.29, 1.82) is 0 Å². The minimum Gasteiger partial charge on any atom is -0.363 e. The monoisotopic (exact) mass is 388 g/mol. The third-order valence-electron chi connectivity index (χ3n) is 5.62. The first-order valence-corrected chi connectivity index (χ1v) is 10.1. The molecule has 5 nitrogen and oxygen atoms in total. The number of fused-ring (bicyclic) bond motifs is 1. The van der Waals surface area contributed by atoms with E-state index >= 15 is 0 Å². The zero-order valence-electron chi connectivity index (χ0n) is 17.3. The Balaban J connectivity index is 1.49. The number of carbonyl (C=O) groups excluding carboxylic acids is 1. The molecule has 1 aromatic heterocycles. The molecule has 1 unspecified atom stereocenters. The van der Waals surface area contributed by atoms with E-state index in [1.165, 1.54) is 11.1 Å². The van der Waals surface area contributed by atoms with Crippen molar-refractivity contribution in [3.63, 3.8) is 0 Å². The van der Waals surface area contributed by atoms with Gasteiger partial charge in [-0.05, 0) is 34.7 Å². The quantitative estimate of drug-likeness (QED) is 0.711. The number of amides is 1. The van der Waals surface area contributed by atoms with Crippen LogP contribution >= 0.6 is 0 Å². The molecule has 0 fully saturated rings. The SMILES string of the molecule is CC(C)(C)C(Cn1ccnc1)NC(=O)c1cccc(N2Cc3ccccc3C2)c1. The number of nitrogens with one attached hydrogen (secondary N) is 1. The minimum absolute atomic E-state index is 0.0103. The van der Waals surface area contributed by atoms with Gasteiger partial charge in [0.15, 0.2) is 0 Å². The largest absolute Gasteiger partial charge is 0.363 e. The molecule has 1 amide bonds. The van der Waals surface area contributed by atoms with Gasteiger partial charge in [-0.3, -0.25) is 4.79 Å². The van der Waals surface area contributed by atoms with E-state index in [2.05, 4.69) is 66.3 Å². The summed E-state index contributed by atoms with van der Waals surface area (Å²) in [6, 6.07) is 16.4. The van der Waals surface area contributed by atoms with Crippen molar-refractivity contribution in [2.75, 3.05) is 4.90 Å². The number of aromatic nitrogens is 2. The van der Waals surface area contributed by atoms with Crippen LogP contribution in [0.5, 0.6) is 0 Å². The summed E-state index contributed by atoms with van der Waals surface area (Å²) in [5, 5.41) is 3.24. The molecule has 1 atom stereocenters. The second-order valence-corrected chi connectivity index (χ2v) is 8.83. The van der Waals surface area contributed by atoms with Gasteiger partial charge >= 0.3 is 0 Å². The zero-order chi connectivity index (χ0) is 20.4. The van der Waals surface area contributed by atoms with Gasteiger partial charge in [-0.25, -0.2) is 4.98 Å². The van der Waals surface area contributed by atoms with Gasteiger partial charge in [0.2, 0.25) is 0 Å². The van der Waals surface area contributed by atoms with Crippen LogP contribution in [0.15, 0.2) is 67.3 Å². The molecule has 1 N–H and O–H groups in total. The van der Waals surface area contributed by atoms with Gasteiger partial charge in [0.25, 0.3) is 5.91 Å². The van der Waals surface area contributed by atoms with Gasteiger partial charge < -0.3 is 14.8 Å². The summed E-state index contributed by atoms with van der Waals surface area (Å²) in [5.74, 6) is -0.0383. The van der Waals surface area contributed by atoms with Crippen molar-refractivity contribution in [3.05, 3.63) is 83.9 Å². The van der Waals surface area contributed by atoms with Crippen LogP contribution in [0.4, 0.5) is 5.69 Å². The summed E-state index contributed by atoms with van der Waals surface area (Å²) in [6.45, 7) is 8.89. The highest BCUT2D eigenvalue weighted by atomic mass is 16.1. The lowest BCUT2D eigenvalue weighted by molar-refractivity contribution is 0.0892. The van der Waals surface area contributed by atoms with E-state index in [1.807, 2.05) is 29.0 Å². The lowest BCUT2D eigenvalue weighted by Gasteiger charge is -2.32. The second kappa shape index (κ2) is 7.74. The van der Waals surface area contributed by atoms with Crippen molar-refractivity contribution < 1.29 is 4.79 Å². The Morgan fingerprint density at radius 3 is 2.45 bits per heavy atom. The Kier molecular flexibility index (Phi) is 5.14. The molecule has 0 spiro atoms. The smallest absolute Gasteiger partial charge is 0.251 e.